The molecule has 2 atom stereocenters. The third kappa shape index (κ3) is 2.94. The van der Waals surface area contributed by atoms with Gasteiger partial charge in [-0.3, -0.25) is 9.59 Å². The number of phenolic OH excluding ortho intramolecular Hbond substituents is 2. The van der Waals surface area contributed by atoms with Crippen LogP contribution in [0.1, 0.15) is 43.0 Å². The van der Waals surface area contributed by atoms with E-state index in [2.05, 4.69) is 5.32 Å². The molecule has 1 aliphatic carbocycles. The van der Waals surface area contributed by atoms with Crippen molar-refractivity contribution in [3.63, 3.8) is 0 Å². The van der Waals surface area contributed by atoms with Gasteiger partial charge in [0, 0.05) is 6.04 Å². The molecule has 1 fully saturated rings. The van der Waals surface area contributed by atoms with Gasteiger partial charge in [-0.25, -0.2) is 0 Å². The van der Waals surface area contributed by atoms with E-state index in [9.17, 15) is 24.9 Å². The van der Waals surface area contributed by atoms with Crippen LogP contribution in [0, 0.1) is 5.41 Å². The Balaban J connectivity index is 2.21. The first-order valence-electron chi connectivity index (χ1n) is 6.91. The lowest BCUT2D eigenvalue weighted by Gasteiger charge is -2.38. The number of carbonyl (C=O) groups excluding carboxylic acids is 1. The summed E-state index contributed by atoms with van der Waals surface area (Å²) in [4.78, 5) is 23.7. The average molecular weight is 293 g/mol. The predicted octanol–water partition coefficient (Wildman–Crippen LogP) is 1.86. The molecule has 6 nitrogen and oxygen atoms in total. The van der Waals surface area contributed by atoms with Gasteiger partial charge >= 0.3 is 5.97 Å². The molecule has 0 aromatic heterocycles. The Morgan fingerprint density at radius 2 is 2.00 bits per heavy atom. The van der Waals surface area contributed by atoms with Crippen LogP contribution in [0.5, 0.6) is 11.5 Å². The van der Waals surface area contributed by atoms with Gasteiger partial charge in [0.25, 0.3) is 5.91 Å². The van der Waals surface area contributed by atoms with Gasteiger partial charge in [0.1, 0.15) is 11.5 Å². The molecule has 1 aliphatic rings. The van der Waals surface area contributed by atoms with E-state index in [-0.39, 0.29) is 17.1 Å². The van der Waals surface area contributed by atoms with Crippen molar-refractivity contribution in [1.29, 1.82) is 0 Å². The molecule has 0 heterocycles. The molecule has 21 heavy (non-hydrogen) atoms. The monoisotopic (exact) mass is 293 g/mol. The van der Waals surface area contributed by atoms with Crippen molar-refractivity contribution < 1.29 is 24.9 Å². The van der Waals surface area contributed by atoms with Crippen molar-refractivity contribution in [3.8, 4) is 11.5 Å². The number of hydrogen-bond acceptors (Lipinski definition) is 4. The Kier molecular flexibility index (Phi) is 4.06. The number of amides is 1. The molecule has 0 aliphatic heterocycles. The van der Waals surface area contributed by atoms with Crippen molar-refractivity contribution in [2.24, 2.45) is 5.41 Å². The fraction of sp³-hybridized carbons (Fsp3) is 0.467. The van der Waals surface area contributed by atoms with Gasteiger partial charge in [-0.15, -0.1) is 0 Å². The summed E-state index contributed by atoms with van der Waals surface area (Å²) in [7, 11) is 0. The summed E-state index contributed by atoms with van der Waals surface area (Å²) in [5.41, 5.74) is -1.08. The first kappa shape index (κ1) is 15.2. The summed E-state index contributed by atoms with van der Waals surface area (Å²) < 4.78 is 0. The molecule has 0 radical (unpaired) electrons. The number of aliphatic carboxylic acids is 1. The molecule has 0 spiro atoms. The Morgan fingerprint density at radius 3 is 2.67 bits per heavy atom. The Labute approximate surface area is 122 Å². The lowest BCUT2D eigenvalue weighted by molar-refractivity contribution is -0.151. The minimum Gasteiger partial charge on any atom is -0.508 e. The van der Waals surface area contributed by atoms with Crippen molar-refractivity contribution in [3.05, 3.63) is 23.8 Å². The molecule has 4 N–H and O–H groups in total. The molecule has 6 heteroatoms. The van der Waals surface area contributed by atoms with Gasteiger partial charge in [0.15, 0.2) is 0 Å². The SMILES string of the molecule is CC1(C(=O)O)CCCCC1NC(=O)c1cc(O)ccc1O. The number of benzene rings is 1. The lowest BCUT2D eigenvalue weighted by Crippen LogP contribution is -2.52. The zero-order valence-corrected chi connectivity index (χ0v) is 11.8. The van der Waals surface area contributed by atoms with Crippen LogP contribution in [0.25, 0.3) is 0 Å². The van der Waals surface area contributed by atoms with Crippen LogP contribution in [-0.2, 0) is 4.79 Å². The first-order chi connectivity index (χ1) is 9.84. The van der Waals surface area contributed by atoms with E-state index in [0.29, 0.717) is 12.8 Å². The van der Waals surface area contributed by atoms with E-state index in [1.54, 1.807) is 6.92 Å². The van der Waals surface area contributed by atoms with Crippen molar-refractivity contribution in [1.82, 2.24) is 5.32 Å². The smallest absolute Gasteiger partial charge is 0.311 e. The molecular formula is C15H19NO5. The molecule has 0 bridgehead atoms. The maximum absolute atomic E-state index is 12.2. The summed E-state index contributed by atoms with van der Waals surface area (Å²) >= 11 is 0. The topological polar surface area (TPSA) is 107 Å². The van der Waals surface area contributed by atoms with Gasteiger partial charge in [-0.1, -0.05) is 12.8 Å². The predicted molar refractivity (Wildman–Crippen MR) is 75.2 cm³/mol. The van der Waals surface area contributed by atoms with Crippen molar-refractivity contribution >= 4 is 11.9 Å². The van der Waals surface area contributed by atoms with Crippen LogP contribution in [0.4, 0.5) is 0 Å². The second-order valence-corrected chi connectivity index (χ2v) is 5.70. The van der Waals surface area contributed by atoms with Crippen LogP contribution in [0.3, 0.4) is 0 Å². The molecule has 1 aromatic rings. The van der Waals surface area contributed by atoms with E-state index < -0.39 is 23.3 Å². The number of carboxylic acids is 1. The van der Waals surface area contributed by atoms with Crippen molar-refractivity contribution in [2.75, 3.05) is 0 Å². The first-order valence-corrected chi connectivity index (χ1v) is 6.91. The largest absolute Gasteiger partial charge is 0.508 e. The third-order valence-corrected chi connectivity index (χ3v) is 4.23. The van der Waals surface area contributed by atoms with E-state index >= 15 is 0 Å². The number of phenols is 2. The zero-order valence-electron chi connectivity index (χ0n) is 11.8. The van der Waals surface area contributed by atoms with Gasteiger partial charge in [0.05, 0.1) is 11.0 Å². The third-order valence-electron chi connectivity index (χ3n) is 4.23. The molecule has 1 aromatic carbocycles. The van der Waals surface area contributed by atoms with Crippen LogP contribution in [-0.4, -0.2) is 33.2 Å². The van der Waals surface area contributed by atoms with Gasteiger partial charge < -0.3 is 20.6 Å². The highest BCUT2D eigenvalue weighted by molar-refractivity contribution is 5.97. The maximum atomic E-state index is 12.2. The average Bonchev–Trinajstić information content (AvgIpc) is 2.43. The van der Waals surface area contributed by atoms with Gasteiger partial charge in [0.2, 0.25) is 0 Å². The molecule has 2 rings (SSSR count). The number of carbonyl (C=O) groups is 2. The lowest BCUT2D eigenvalue weighted by atomic mass is 9.71. The van der Waals surface area contributed by atoms with Crippen LogP contribution in [0.15, 0.2) is 18.2 Å². The van der Waals surface area contributed by atoms with Crippen molar-refractivity contribution in [2.45, 2.75) is 38.6 Å². The second kappa shape index (κ2) is 5.63. The standard InChI is InChI=1S/C15H19NO5/c1-15(14(20)21)7-3-2-4-12(15)16-13(19)10-8-9(17)5-6-11(10)18/h5-6,8,12,17-18H,2-4,7H2,1H3,(H,16,19)(H,20,21). The highest BCUT2D eigenvalue weighted by Gasteiger charge is 2.44. The van der Waals surface area contributed by atoms with E-state index in [4.69, 9.17) is 0 Å². The number of aromatic hydroxyl groups is 2. The Bertz CT molecular complexity index is 571. The maximum Gasteiger partial charge on any atom is 0.311 e. The quantitative estimate of drug-likeness (QED) is 0.636. The van der Waals surface area contributed by atoms with E-state index in [1.807, 2.05) is 0 Å². The fourth-order valence-electron chi connectivity index (χ4n) is 2.76. The highest BCUT2D eigenvalue weighted by atomic mass is 16.4. The van der Waals surface area contributed by atoms with Crippen LogP contribution in [0.2, 0.25) is 0 Å². The number of rotatable bonds is 3. The number of carboxylic acid groups (broad SMARTS) is 1. The zero-order chi connectivity index (χ0) is 15.6. The molecule has 0 saturated heterocycles. The Hall–Kier alpha value is -2.24. The summed E-state index contributed by atoms with van der Waals surface area (Å²) in [6, 6.07) is 3.15. The molecule has 2 unspecified atom stereocenters. The van der Waals surface area contributed by atoms with Gasteiger partial charge in [-0.05, 0) is 38.0 Å². The summed E-state index contributed by atoms with van der Waals surface area (Å²) in [5.74, 6) is -1.91. The van der Waals surface area contributed by atoms with E-state index in [1.165, 1.54) is 12.1 Å². The molecular weight excluding hydrogens is 274 g/mol. The minimum atomic E-state index is -1.01. The Morgan fingerprint density at radius 1 is 1.29 bits per heavy atom. The van der Waals surface area contributed by atoms with Gasteiger partial charge in [-0.2, -0.15) is 0 Å². The normalized spacial score (nSPS) is 25.3. The molecule has 1 saturated carbocycles. The summed E-state index contributed by atoms with van der Waals surface area (Å²) in [6.07, 6.45) is 2.74. The van der Waals surface area contributed by atoms with E-state index in [0.717, 1.165) is 18.9 Å². The molecule has 114 valence electrons. The summed E-state index contributed by atoms with van der Waals surface area (Å²) in [5, 5.41) is 31.2. The second-order valence-electron chi connectivity index (χ2n) is 5.70. The minimum absolute atomic E-state index is 0.0617. The fourth-order valence-corrected chi connectivity index (χ4v) is 2.76. The number of hydrogen-bond donors (Lipinski definition) is 4. The highest BCUT2D eigenvalue weighted by Crippen LogP contribution is 2.36. The molecule has 1 amide bonds. The van der Waals surface area contributed by atoms with Crippen LogP contribution >= 0.6 is 0 Å². The summed E-state index contributed by atoms with van der Waals surface area (Å²) in [6.45, 7) is 1.63. The number of nitrogens with one attached hydrogen (secondary N) is 1. The van der Waals surface area contributed by atoms with Crippen LogP contribution < -0.4 is 5.32 Å².